The summed E-state index contributed by atoms with van der Waals surface area (Å²) in [6.07, 6.45) is 1.51. The Labute approximate surface area is 215 Å². The standard InChI is InChI=1S/C27H20FN3O7/c1-35-15-27(24(32)30-26(34)31-25(27)33)38-21-12-10-20(11-13-21)37-19-8-4-17(5-9-19)23-29-22(14-36-23)16-2-6-18(28)7-3-16/h2-14H,15H2,1H3,(H2,30,31,32,33,34). The van der Waals surface area contributed by atoms with Gasteiger partial charge in [-0.2, -0.15) is 0 Å². The van der Waals surface area contributed by atoms with Crippen molar-refractivity contribution in [1.29, 1.82) is 0 Å². The number of nitrogens with one attached hydrogen (secondary N) is 2. The molecule has 38 heavy (non-hydrogen) atoms. The van der Waals surface area contributed by atoms with Crippen LogP contribution in [0.15, 0.2) is 83.5 Å². The fourth-order valence-corrected chi connectivity index (χ4v) is 3.74. The minimum atomic E-state index is -2.06. The predicted molar refractivity (Wildman–Crippen MR) is 131 cm³/mol. The van der Waals surface area contributed by atoms with Crippen LogP contribution >= 0.6 is 0 Å². The Hall–Kier alpha value is -5.03. The first-order valence-electron chi connectivity index (χ1n) is 11.3. The quantitative estimate of drug-likeness (QED) is 0.335. The van der Waals surface area contributed by atoms with Crippen molar-refractivity contribution in [3.8, 4) is 40.0 Å². The summed E-state index contributed by atoms with van der Waals surface area (Å²) in [5.74, 6) is -0.591. The maximum Gasteiger partial charge on any atom is 0.328 e. The molecule has 11 heteroatoms. The molecule has 1 aliphatic rings. The number of urea groups is 1. The van der Waals surface area contributed by atoms with Gasteiger partial charge in [0.1, 0.15) is 41.6 Å². The Bertz CT molecular complexity index is 1460. The van der Waals surface area contributed by atoms with Crippen molar-refractivity contribution >= 4 is 17.8 Å². The molecule has 0 saturated carbocycles. The average molecular weight is 517 g/mol. The molecule has 1 fully saturated rings. The molecule has 192 valence electrons. The van der Waals surface area contributed by atoms with Gasteiger partial charge < -0.3 is 18.6 Å². The van der Waals surface area contributed by atoms with E-state index in [-0.39, 0.29) is 11.6 Å². The third-order valence-electron chi connectivity index (χ3n) is 5.63. The van der Waals surface area contributed by atoms with Crippen LogP contribution in [-0.2, 0) is 14.3 Å². The van der Waals surface area contributed by atoms with E-state index in [1.54, 1.807) is 48.5 Å². The summed E-state index contributed by atoms with van der Waals surface area (Å²) in [4.78, 5) is 40.7. The zero-order valence-corrected chi connectivity index (χ0v) is 19.9. The SMILES string of the molecule is COCC1(Oc2ccc(Oc3ccc(-c4nc(-c5ccc(F)cc5)co4)cc3)cc2)C(=O)NC(=O)NC1=O. The van der Waals surface area contributed by atoms with Crippen LogP contribution < -0.4 is 20.1 Å². The molecule has 0 aliphatic carbocycles. The molecule has 0 atom stereocenters. The second kappa shape index (κ2) is 10.1. The maximum absolute atomic E-state index is 13.2. The number of nitrogens with zero attached hydrogens (tertiary/aromatic N) is 1. The van der Waals surface area contributed by atoms with Gasteiger partial charge in [-0.25, -0.2) is 14.2 Å². The second-order valence-corrected chi connectivity index (χ2v) is 8.24. The summed E-state index contributed by atoms with van der Waals surface area (Å²) < 4.78 is 35.3. The van der Waals surface area contributed by atoms with E-state index in [9.17, 15) is 18.8 Å². The molecule has 4 amide bonds. The number of barbiturate groups is 1. The molecule has 2 N–H and O–H groups in total. The molecule has 2 heterocycles. The summed E-state index contributed by atoms with van der Waals surface area (Å²) >= 11 is 0. The van der Waals surface area contributed by atoms with Gasteiger partial charge >= 0.3 is 6.03 Å². The fourth-order valence-electron chi connectivity index (χ4n) is 3.74. The number of amides is 4. The van der Waals surface area contributed by atoms with Gasteiger partial charge in [0.05, 0.1) is 0 Å². The van der Waals surface area contributed by atoms with Gasteiger partial charge in [0.15, 0.2) is 0 Å². The van der Waals surface area contributed by atoms with Gasteiger partial charge in [-0.05, 0) is 72.8 Å². The minimum Gasteiger partial charge on any atom is -0.465 e. The summed E-state index contributed by atoms with van der Waals surface area (Å²) in [5.41, 5.74) is -0.0117. The van der Waals surface area contributed by atoms with Gasteiger partial charge in [-0.1, -0.05) is 0 Å². The maximum atomic E-state index is 13.2. The number of rotatable bonds is 8. The summed E-state index contributed by atoms with van der Waals surface area (Å²) in [6.45, 7) is -0.404. The van der Waals surface area contributed by atoms with Crippen molar-refractivity contribution in [1.82, 2.24) is 15.6 Å². The molecule has 3 aromatic carbocycles. The van der Waals surface area contributed by atoms with Crippen molar-refractivity contribution in [2.24, 2.45) is 0 Å². The monoisotopic (exact) mass is 517 g/mol. The first kappa shape index (κ1) is 24.7. The lowest BCUT2D eigenvalue weighted by Gasteiger charge is -2.33. The molecular weight excluding hydrogens is 497 g/mol. The number of ether oxygens (including phenoxy) is 3. The van der Waals surface area contributed by atoms with Gasteiger partial charge in [0.2, 0.25) is 5.89 Å². The molecule has 0 spiro atoms. The Morgan fingerprint density at radius 1 is 0.816 bits per heavy atom. The topological polar surface area (TPSA) is 129 Å². The highest BCUT2D eigenvalue weighted by molar-refractivity contribution is 6.22. The number of halogens is 1. The normalized spacial score (nSPS) is 14.5. The second-order valence-electron chi connectivity index (χ2n) is 8.24. The highest BCUT2D eigenvalue weighted by Gasteiger charge is 2.53. The summed E-state index contributed by atoms with van der Waals surface area (Å²) in [6, 6.07) is 18.3. The average Bonchev–Trinajstić information content (AvgIpc) is 3.40. The third kappa shape index (κ3) is 4.95. The number of carbonyl (C=O) groups is 3. The molecule has 0 radical (unpaired) electrons. The Kier molecular flexibility index (Phi) is 6.58. The largest absolute Gasteiger partial charge is 0.465 e. The van der Waals surface area contributed by atoms with E-state index in [2.05, 4.69) is 4.98 Å². The molecule has 10 nitrogen and oxygen atoms in total. The number of oxazole rings is 1. The molecular formula is C27H20FN3O7. The zero-order chi connectivity index (χ0) is 26.7. The van der Waals surface area contributed by atoms with E-state index in [1.807, 2.05) is 10.6 Å². The number of imide groups is 2. The number of aromatic nitrogens is 1. The number of benzene rings is 3. The number of hydrogen-bond donors (Lipinski definition) is 2. The van der Waals surface area contributed by atoms with Gasteiger partial charge in [-0.3, -0.25) is 20.2 Å². The van der Waals surface area contributed by atoms with Crippen molar-refractivity contribution in [2.45, 2.75) is 5.60 Å². The number of carbonyl (C=O) groups excluding carboxylic acids is 3. The molecule has 1 saturated heterocycles. The molecule has 1 aliphatic heterocycles. The summed E-state index contributed by atoms with van der Waals surface area (Å²) in [5, 5.41) is 4.03. The third-order valence-corrected chi connectivity index (χ3v) is 5.63. The first-order valence-corrected chi connectivity index (χ1v) is 11.3. The molecule has 4 aromatic rings. The highest BCUT2D eigenvalue weighted by Crippen LogP contribution is 2.30. The number of hydrogen-bond acceptors (Lipinski definition) is 8. The fraction of sp³-hybridized carbons (Fsp3) is 0.111. The Morgan fingerprint density at radius 2 is 1.37 bits per heavy atom. The lowest BCUT2D eigenvalue weighted by Crippen LogP contribution is -2.71. The van der Waals surface area contributed by atoms with Crippen molar-refractivity contribution < 1.29 is 37.4 Å². The molecule has 0 unspecified atom stereocenters. The van der Waals surface area contributed by atoms with E-state index < -0.39 is 30.1 Å². The van der Waals surface area contributed by atoms with Crippen LogP contribution in [0.4, 0.5) is 9.18 Å². The first-order chi connectivity index (χ1) is 18.4. The van der Waals surface area contributed by atoms with E-state index in [1.165, 1.54) is 37.6 Å². The predicted octanol–water partition coefficient (Wildman–Crippen LogP) is 4.07. The lowest BCUT2D eigenvalue weighted by molar-refractivity contribution is -0.156. The van der Waals surface area contributed by atoms with Crippen LogP contribution in [0.25, 0.3) is 22.7 Å². The molecule has 1 aromatic heterocycles. The number of methoxy groups -OCH3 is 1. The molecule has 5 rings (SSSR count). The van der Waals surface area contributed by atoms with Crippen molar-refractivity contribution in [2.75, 3.05) is 13.7 Å². The van der Waals surface area contributed by atoms with E-state index in [0.717, 1.165) is 11.1 Å². The summed E-state index contributed by atoms with van der Waals surface area (Å²) in [7, 11) is 1.30. The van der Waals surface area contributed by atoms with Crippen LogP contribution in [0.5, 0.6) is 17.2 Å². The van der Waals surface area contributed by atoms with E-state index in [0.29, 0.717) is 23.1 Å². The van der Waals surface area contributed by atoms with Crippen molar-refractivity contribution in [3.05, 3.63) is 84.9 Å². The van der Waals surface area contributed by atoms with Crippen LogP contribution in [-0.4, -0.2) is 42.1 Å². The van der Waals surface area contributed by atoms with Crippen molar-refractivity contribution in [3.63, 3.8) is 0 Å². The van der Waals surface area contributed by atoms with E-state index in [4.69, 9.17) is 18.6 Å². The lowest BCUT2D eigenvalue weighted by atomic mass is 10.0. The Morgan fingerprint density at radius 3 is 1.97 bits per heavy atom. The van der Waals surface area contributed by atoms with Crippen LogP contribution in [0.2, 0.25) is 0 Å². The molecule has 0 bridgehead atoms. The van der Waals surface area contributed by atoms with Gasteiger partial charge in [0.25, 0.3) is 17.4 Å². The minimum absolute atomic E-state index is 0.185. The van der Waals surface area contributed by atoms with Gasteiger partial charge in [-0.15, -0.1) is 0 Å². The van der Waals surface area contributed by atoms with Crippen LogP contribution in [0.1, 0.15) is 0 Å². The van der Waals surface area contributed by atoms with Crippen LogP contribution in [0, 0.1) is 5.82 Å². The Balaban J connectivity index is 1.25. The van der Waals surface area contributed by atoms with Gasteiger partial charge in [0, 0.05) is 18.2 Å². The highest BCUT2D eigenvalue weighted by atomic mass is 19.1. The smallest absolute Gasteiger partial charge is 0.328 e. The van der Waals surface area contributed by atoms with E-state index >= 15 is 0 Å². The van der Waals surface area contributed by atoms with Crippen LogP contribution in [0.3, 0.4) is 0 Å². The zero-order valence-electron chi connectivity index (χ0n) is 19.9.